The number of fused-ring (bicyclic) bond motifs is 1. The highest BCUT2D eigenvalue weighted by Gasteiger charge is 2.27. The lowest BCUT2D eigenvalue weighted by Crippen LogP contribution is -2.49. The van der Waals surface area contributed by atoms with Gasteiger partial charge in [-0.15, -0.1) is 0 Å². The summed E-state index contributed by atoms with van der Waals surface area (Å²) in [7, 11) is 0. The normalized spacial score (nSPS) is 17.9. The standard InChI is InChI=1S/C16H18F2N4O3/c1-3-20-8-12(22(24)25)16(23)10-6-11(17)15(13(18)14(10)20)21-5-4-19-9(2)7-21/h6,8-9,19H,3-5,7H2,1-2H3. The third-order valence-corrected chi connectivity index (χ3v) is 4.43. The fraction of sp³-hybridized carbons (Fsp3) is 0.438. The van der Waals surface area contributed by atoms with Crippen molar-refractivity contribution in [3.8, 4) is 0 Å². The molecule has 1 atom stereocenters. The monoisotopic (exact) mass is 352 g/mol. The molecule has 1 aromatic heterocycles. The highest BCUT2D eigenvalue weighted by atomic mass is 19.1. The molecule has 0 saturated carbocycles. The Morgan fingerprint density at radius 1 is 1.44 bits per heavy atom. The number of benzene rings is 1. The van der Waals surface area contributed by atoms with Gasteiger partial charge in [0, 0.05) is 32.2 Å². The fourth-order valence-electron chi connectivity index (χ4n) is 3.27. The molecule has 1 unspecified atom stereocenters. The summed E-state index contributed by atoms with van der Waals surface area (Å²) in [4.78, 5) is 24.1. The van der Waals surface area contributed by atoms with Gasteiger partial charge >= 0.3 is 5.69 Å². The molecular weight excluding hydrogens is 334 g/mol. The van der Waals surface area contributed by atoms with Crippen LogP contribution >= 0.6 is 0 Å². The van der Waals surface area contributed by atoms with Crippen LogP contribution in [0.25, 0.3) is 10.9 Å². The molecule has 1 saturated heterocycles. The highest BCUT2D eigenvalue weighted by molar-refractivity contribution is 5.86. The van der Waals surface area contributed by atoms with Crippen LogP contribution in [-0.4, -0.2) is 35.2 Å². The van der Waals surface area contributed by atoms with E-state index in [1.165, 1.54) is 4.57 Å². The Morgan fingerprint density at radius 2 is 2.16 bits per heavy atom. The maximum Gasteiger partial charge on any atom is 0.332 e. The Labute approximate surface area is 142 Å². The van der Waals surface area contributed by atoms with Gasteiger partial charge in [0.05, 0.1) is 22.0 Å². The zero-order valence-electron chi connectivity index (χ0n) is 13.9. The van der Waals surface area contributed by atoms with Gasteiger partial charge in [0.1, 0.15) is 11.5 Å². The van der Waals surface area contributed by atoms with Crippen LogP contribution in [0.5, 0.6) is 0 Å². The van der Waals surface area contributed by atoms with E-state index in [1.807, 2.05) is 6.92 Å². The molecule has 1 aliphatic heterocycles. The smallest absolute Gasteiger partial charge is 0.332 e. The summed E-state index contributed by atoms with van der Waals surface area (Å²) in [6, 6.07) is 0.968. The first-order valence-electron chi connectivity index (χ1n) is 8.03. The van der Waals surface area contributed by atoms with E-state index in [4.69, 9.17) is 0 Å². The van der Waals surface area contributed by atoms with Crippen LogP contribution in [0.15, 0.2) is 17.1 Å². The van der Waals surface area contributed by atoms with Crippen molar-refractivity contribution in [1.29, 1.82) is 0 Å². The predicted octanol–water partition coefficient (Wildman–Crippen LogP) is 2.01. The second-order valence-corrected chi connectivity index (χ2v) is 6.10. The first-order valence-corrected chi connectivity index (χ1v) is 8.03. The maximum absolute atomic E-state index is 15.2. The lowest BCUT2D eigenvalue weighted by Gasteiger charge is -2.34. The van der Waals surface area contributed by atoms with Gasteiger partial charge in [-0.2, -0.15) is 0 Å². The Kier molecular flexibility index (Phi) is 4.42. The van der Waals surface area contributed by atoms with E-state index in [9.17, 15) is 19.3 Å². The van der Waals surface area contributed by atoms with Crippen LogP contribution < -0.4 is 15.6 Å². The molecular formula is C16H18F2N4O3. The number of nitro groups is 1. The van der Waals surface area contributed by atoms with Crippen molar-refractivity contribution in [2.45, 2.75) is 26.4 Å². The number of aryl methyl sites for hydroxylation is 1. The van der Waals surface area contributed by atoms with Crippen LogP contribution in [0.4, 0.5) is 20.2 Å². The molecule has 9 heteroatoms. The summed E-state index contributed by atoms with van der Waals surface area (Å²) >= 11 is 0. The molecule has 1 aromatic carbocycles. The Balaban J connectivity index is 2.31. The van der Waals surface area contributed by atoms with Crippen molar-refractivity contribution in [2.24, 2.45) is 0 Å². The van der Waals surface area contributed by atoms with Gasteiger partial charge in [-0.05, 0) is 19.9 Å². The lowest BCUT2D eigenvalue weighted by atomic mass is 10.1. The molecule has 1 aliphatic rings. The Bertz CT molecular complexity index is 913. The maximum atomic E-state index is 15.2. The zero-order chi connectivity index (χ0) is 18.3. The molecule has 134 valence electrons. The van der Waals surface area contributed by atoms with Crippen LogP contribution in [0.3, 0.4) is 0 Å². The second kappa shape index (κ2) is 6.40. The number of anilines is 1. The summed E-state index contributed by atoms with van der Waals surface area (Å²) < 4.78 is 31.1. The van der Waals surface area contributed by atoms with Crippen LogP contribution in [0.1, 0.15) is 13.8 Å². The minimum absolute atomic E-state index is 0.0634. The zero-order valence-corrected chi connectivity index (χ0v) is 13.9. The average molecular weight is 352 g/mol. The second-order valence-electron chi connectivity index (χ2n) is 6.10. The van der Waals surface area contributed by atoms with Crippen LogP contribution in [-0.2, 0) is 6.54 Å². The van der Waals surface area contributed by atoms with Crippen molar-refractivity contribution in [3.05, 3.63) is 44.2 Å². The Hall–Kier alpha value is -2.55. The molecule has 0 spiro atoms. The summed E-state index contributed by atoms with van der Waals surface area (Å²) in [6.07, 6.45) is 1.01. The van der Waals surface area contributed by atoms with Gasteiger partial charge in [0.25, 0.3) is 5.43 Å². The molecule has 0 radical (unpaired) electrons. The number of nitrogens with zero attached hydrogens (tertiary/aromatic N) is 3. The van der Waals surface area contributed by atoms with Crippen molar-refractivity contribution < 1.29 is 13.7 Å². The summed E-state index contributed by atoms with van der Waals surface area (Å²) in [5.74, 6) is -1.75. The van der Waals surface area contributed by atoms with E-state index in [0.29, 0.717) is 19.6 Å². The molecule has 0 aliphatic carbocycles. The van der Waals surface area contributed by atoms with Crippen LogP contribution in [0.2, 0.25) is 0 Å². The molecule has 3 rings (SSSR count). The summed E-state index contributed by atoms with van der Waals surface area (Å²) in [5, 5.41) is 13.9. The molecule has 2 heterocycles. The minimum Gasteiger partial charge on any atom is -0.364 e. The number of hydrogen-bond acceptors (Lipinski definition) is 5. The average Bonchev–Trinajstić information content (AvgIpc) is 2.55. The Morgan fingerprint density at radius 3 is 2.76 bits per heavy atom. The summed E-state index contributed by atoms with van der Waals surface area (Å²) in [6.45, 7) is 5.21. The van der Waals surface area contributed by atoms with E-state index in [1.54, 1.807) is 11.8 Å². The summed E-state index contributed by atoms with van der Waals surface area (Å²) in [5.41, 5.74) is -1.99. The lowest BCUT2D eigenvalue weighted by molar-refractivity contribution is -0.386. The largest absolute Gasteiger partial charge is 0.364 e. The minimum atomic E-state index is -0.984. The number of piperazine rings is 1. The van der Waals surface area contributed by atoms with Gasteiger partial charge in [0.15, 0.2) is 5.82 Å². The van der Waals surface area contributed by atoms with Crippen molar-refractivity contribution in [3.63, 3.8) is 0 Å². The van der Waals surface area contributed by atoms with Crippen molar-refractivity contribution >= 4 is 22.3 Å². The van der Waals surface area contributed by atoms with Gasteiger partial charge in [-0.3, -0.25) is 14.9 Å². The molecule has 25 heavy (non-hydrogen) atoms. The predicted molar refractivity (Wildman–Crippen MR) is 90.1 cm³/mol. The van der Waals surface area contributed by atoms with E-state index < -0.39 is 27.7 Å². The third kappa shape index (κ3) is 2.84. The number of rotatable bonds is 3. The highest BCUT2D eigenvalue weighted by Crippen LogP contribution is 2.31. The SMILES string of the molecule is CCn1cc([N+](=O)[O-])c(=O)c2cc(F)c(N3CCNC(C)C3)c(F)c21. The van der Waals surface area contributed by atoms with Crippen LogP contribution in [0, 0.1) is 21.7 Å². The molecule has 1 fully saturated rings. The first kappa shape index (κ1) is 17.3. The first-order chi connectivity index (χ1) is 11.8. The molecule has 0 amide bonds. The quantitative estimate of drug-likeness (QED) is 0.675. The number of aromatic nitrogens is 1. The van der Waals surface area contributed by atoms with E-state index in [0.717, 1.165) is 12.3 Å². The van der Waals surface area contributed by atoms with E-state index in [2.05, 4.69) is 5.32 Å². The van der Waals surface area contributed by atoms with E-state index >= 15 is 4.39 Å². The third-order valence-electron chi connectivity index (χ3n) is 4.43. The number of hydrogen-bond donors (Lipinski definition) is 1. The fourth-order valence-corrected chi connectivity index (χ4v) is 3.27. The van der Waals surface area contributed by atoms with Gasteiger partial charge < -0.3 is 14.8 Å². The van der Waals surface area contributed by atoms with Crippen molar-refractivity contribution in [1.82, 2.24) is 9.88 Å². The van der Waals surface area contributed by atoms with E-state index in [-0.39, 0.29) is 29.2 Å². The molecule has 2 aromatic rings. The number of pyridine rings is 1. The number of nitrogens with one attached hydrogen (secondary N) is 1. The topological polar surface area (TPSA) is 80.4 Å². The molecule has 0 bridgehead atoms. The van der Waals surface area contributed by atoms with Gasteiger partial charge in [0.2, 0.25) is 0 Å². The van der Waals surface area contributed by atoms with Gasteiger partial charge in [-0.25, -0.2) is 8.78 Å². The van der Waals surface area contributed by atoms with Gasteiger partial charge in [-0.1, -0.05) is 0 Å². The number of halogens is 2. The molecule has 7 nitrogen and oxygen atoms in total. The molecule has 1 N–H and O–H groups in total. The van der Waals surface area contributed by atoms with Crippen molar-refractivity contribution in [2.75, 3.05) is 24.5 Å².